The van der Waals surface area contributed by atoms with Crippen molar-refractivity contribution in [2.45, 2.75) is 31.7 Å². The number of carbonyl (C=O) groups is 3. The maximum atomic E-state index is 13.4. The van der Waals surface area contributed by atoms with Crippen LogP contribution in [0.15, 0.2) is 78.9 Å². The summed E-state index contributed by atoms with van der Waals surface area (Å²) in [5.74, 6) is -1.62. The number of carbonyl (C=O) groups excluding carboxylic acids is 2. The zero-order valence-electron chi connectivity index (χ0n) is 21.2. The van der Waals surface area contributed by atoms with Gasteiger partial charge in [-0.3, -0.25) is 9.59 Å². The Morgan fingerprint density at radius 3 is 2.16 bits per heavy atom. The standard InChI is InChI=1S/C31H32N2O5/c34-29(35)19-33(18-21-9-2-1-3-10-21)30(36)23-16-8-11-22(23)17-32-31(37)38-20-28-26-14-6-4-12-24(26)25-13-5-7-15-27(25)28/h1-7,9-10,12-15,22-23,28H,8,11,16-20H2,(H,32,37)(H,34,35). The lowest BCUT2D eigenvalue weighted by Gasteiger charge is -2.27. The molecule has 2 amide bonds. The molecule has 0 aliphatic heterocycles. The fourth-order valence-electron chi connectivity index (χ4n) is 5.88. The Kier molecular flexibility index (Phi) is 7.73. The summed E-state index contributed by atoms with van der Waals surface area (Å²) in [5, 5.41) is 12.3. The van der Waals surface area contributed by atoms with Gasteiger partial charge in [0.25, 0.3) is 0 Å². The van der Waals surface area contributed by atoms with E-state index < -0.39 is 12.1 Å². The van der Waals surface area contributed by atoms with Crippen LogP contribution in [0.5, 0.6) is 0 Å². The lowest BCUT2D eigenvalue weighted by molar-refractivity contribution is -0.147. The number of hydrogen-bond donors (Lipinski definition) is 2. The maximum absolute atomic E-state index is 13.4. The lowest BCUT2D eigenvalue weighted by atomic mass is 9.94. The van der Waals surface area contributed by atoms with Crippen LogP contribution in [0.3, 0.4) is 0 Å². The maximum Gasteiger partial charge on any atom is 0.407 e. The van der Waals surface area contributed by atoms with Gasteiger partial charge in [-0.25, -0.2) is 4.79 Å². The van der Waals surface area contributed by atoms with E-state index in [4.69, 9.17) is 4.74 Å². The van der Waals surface area contributed by atoms with Gasteiger partial charge < -0.3 is 20.1 Å². The van der Waals surface area contributed by atoms with Gasteiger partial charge in [0.1, 0.15) is 13.2 Å². The highest BCUT2D eigenvalue weighted by Crippen LogP contribution is 2.44. The first kappa shape index (κ1) is 25.5. The number of hydrogen-bond acceptors (Lipinski definition) is 4. The minimum absolute atomic E-state index is 0.0171. The van der Waals surface area contributed by atoms with Crippen LogP contribution in [0.4, 0.5) is 4.79 Å². The smallest absolute Gasteiger partial charge is 0.407 e. The minimum atomic E-state index is -1.04. The molecule has 7 heteroatoms. The van der Waals surface area contributed by atoms with Crippen molar-refractivity contribution >= 4 is 18.0 Å². The molecule has 1 saturated carbocycles. The molecular formula is C31H32N2O5. The largest absolute Gasteiger partial charge is 0.480 e. The highest BCUT2D eigenvalue weighted by Gasteiger charge is 2.36. The van der Waals surface area contributed by atoms with E-state index in [1.165, 1.54) is 16.0 Å². The highest BCUT2D eigenvalue weighted by atomic mass is 16.5. The van der Waals surface area contributed by atoms with Gasteiger partial charge >= 0.3 is 12.1 Å². The first-order chi connectivity index (χ1) is 18.5. The van der Waals surface area contributed by atoms with Crippen LogP contribution in [0.1, 0.15) is 41.9 Å². The van der Waals surface area contributed by atoms with Crippen molar-refractivity contribution in [1.29, 1.82) is 0 Å². The summed E-state index contributed by atoms with van der Waals surface area (Å²) < 4.78 is 5.65. The highest BCUT2D eigenvalue weighted by molar-refractivity contribution is 5.83. The molecule has 2 aliphatic rings. The fraction of sp³-hybridized carbons (Fsp3) is 0.323. The molecule has 196 valence electrons. The van der Waals surface area contributed by atoms with Gasteiger partial charge in [0.05, 0.1) is 0 Å². The number of fused-ring (bicyclic) bond motifs is 3. The molecule has 5 rings (SSSR count). The zero-order valence-corrected chi connectivity index (χ0v) is 21.2. The molecule has 7 nitrogen and oxygen atoms in total. The Morgan fingerprint density at radius 2 is 1.50 bits per heavy atom. The van der Waals surface area contributed by atoms with Crippen LogP contribution in [-0.4, -0.2) is 47.7 Å². The van der Waals surface area contributed by atoms with Crippen LogP contribution in [-0.2, 0) is 20.9 Å². The van der Waals surface area contributed by atoms with Gasteiger partial charge in [-0.2, -0.15) is 0 Å². The van der Waals surface area contributed by atoms with Crippen molar-refractivity contribution in [3.05, 3.63) is 95.6 Å². The third-order valence-corrected chi connectivity index (χ3v) is 7.68. The monoisotopic (exact) mass is 512 g/mol. The minimum Gasteiger partial charge on any atom is -0.480 e. The van der Waals surface area contributed by atoms with Crippen molar-refractivity contribution in [2.75, 3.05) is 19.7 Å². The van der Waals surface area contributed by atoms with E-state index >= 15 is 0 Å². The van der Waals surface area contributed by atoms with E-state index in [0.29, 0.717) is 13.0 Å². The predicted octanol–water partition coefficient (Wildman–Crippen LogP) is 5.05. The average molecular weight is 513 g/mol. The molecule has 0 saturated heterocycles. The molecule has 2 aliphatic carbocycles. The van der Waals surface area contributed by atoms with E-state index in [1.54, 1.807) is 0 Å². The van der Waals surface area contributed by atoms with E-state index in [-0.39, 0.29) is 43.4 Å². The van der Waals surface area contributed by atoms with Crippen molar-refractivity contribution in [3.63, 3.8) is 0 Å². The summed E-state index contributed by atoms with van der Waals surface area (Å²) in [6, 6.07) is 25.8. The van der Waals surface area contributed by atoms with Crippen molar-refractivity contribution in [3.8, 4) is 11.1 Å². The molecule has 0 radical (unpaired) electrons. The van der Waals surface area contributed by atoms with Crippen molar-refractivity contribution in [2.24, 2.45) is 11.8 Å². The van der Waals surface area contributed by atoms with Gasteiger partial charge in [-0.1, -0.05) is 85.3 Å². The molecule has 0 heterocycles. The number of carboxylic acids is 1. The normalized spacial score (nSPS) is 17.9. The Hall–Kier alpha value is -4.13. The van der Waals surface area contributed by atoms with Crippen molar-refractivity contribution < 1.29 is 24.2 Å². The Morgan fingerprint density at radius 1 is 0.868 bits per heavy atom. The van der Waals surface area contributed by atoms with Gasteiger partial charge in [0.2, 0.25) is 5.91 Å². The summed E-state index contributed by atoms with van der Waals surface area (Å²) in [6.07, 6.45) is 1.84. The van der Waals surface area contributed by atoms with E-state index in [0.717, 1.165) is 29.5 Å². The number of nitrogens with zero attached hydrogens (tertiary/aromatic N) is 1. The molecular weight excluding hydrogens is 480 g/mol. The molecule has 0 bridgehead atoms. The summed E-state index contributed by atoms with van der Waals surface area (Å²) in [5.41, 5.74) is 5.53. The summed E-state index contributed by atoms with van der Waals surface area (Å²) in [4.78, 5) is 39.0. The second-order valence-electron chi connectivity index (χ2n) is 10.1. The fourth-order valence-corrected chi connectivity index (χ4v) is 5.88. The molecule has 2 unspecified atom stereocenters. The van der Waals surface area contributed by atoms with Crippen molar-refractivity contribution in [1.82, 2.24) is 10.2 Å². The molecule has 0 spiro atoms. The molecule has 3 aromatic rings. The van der Waals surface area contributed by atoms with Gasteiger partial charge in [-0.15, -0.1) is 0 Å². The molecule has 2 atom stereocenters. The summed E-state index contributed by atoms with van der Waals surface area (Å²) in [7, 11) is 0. The predicted molar refractivity (Wildman–Crippen MR) is 143 cm³/mol. The number of rotatable bonds is 9. The lowest BCUT2D eigenvalue weighted by Crippen LogP contribution is -2.42. The van der Waals surface area contributed by atoms with Crippen LogP contribution in [0.25, 0.3) is 11.1 Å². The Bertz CT molecular complexity index is 1260. The number of alkyl carbamates (subject to hydrolysis) is 1. The SMILES string of the molecule is O=C(O)CN(Cc1ccccc1)C(=O)C1CCCC1CNC(=O)OCC1c2ccccc2-c2ccccc21. The van der Waals surface area contributed by atoms with E-state index in [1.807, 2.05) is 54.6 Å². The molecule has 3 aromatic carbocycles. The first-order valence-electron chi connectivity index (χ1n) is 13.1. The van der Waals surface area contributed by atoms with Gasteiger partial charge in [0.15, 0.2) is 0 Å². The number of benzene rings is 3. The van der Waals surface area contributed by atoms with Crippen LogP contribution >= 0.6 is 0 Å². The zero-order chi connectivity index (χ0) is 26.5. The van der Waals surface area contributed by atoms with Crippen LogP contribution in [0.2, 0.25) is 0 Å². The first-order valence-corrected chi connectivity index (χ1v) is 13.1. The van der Waals surface area contributed by atoms with Gasteiger partial charge in [0, 0.05) is 24.9 Å². The molecule has 1 fully saturated rings. The number of nitrogens with one attached hydrogen (secondary N) is 1. The molecule has 38 heavy (non-hydrogen) atoms. The third kappa shape index (κ3) is 5.57. The summed E-state index contributed by atoms with van der Waals surface area (Å²) in [6.45, 7) is 0.446. The van der Waals surface area contributed by atoms with E-state index in [9.17, 15) is 19.5 Å². The van der Waals surface area contributed by atoms with Crippen LogP contribution < -0.4 is 5.32 Å². The second kappa shape index (κ2) is 11.5. The Balaban J connectivity index is 1.18. The number of ether oxygens (including phenoxy) is 1. The van der Waals surface area contributed by atoms with Gasteiger partial charge in [-0.05, 0) is 46.6 Å². The number of amides is 2. The van der Waals surface area contributed by atoms with E-state index in [2.05, 4.69) is 29.6 Å². The Labute approximate surface area is 222 Å². The third-order valence-electron chi connectivity index (χ3n) is 7.68. The topological polar surface area (TPSA) is 95.9 Å². The molecule has 2 N–H and O–H groups in total. The average Bonchev–Trinajstić information content (AvgIpc) is 3.53. The summed E-state index contributed by atoms with van der Waals surface area (Å²) >= 11 is 0. The number of carboxylic acid groups (broad SMARTS) is 1. The number of aliphatic carboxylic acids is 1. The van der Waals surface area contributed by atoms with Crippen LogP contribution in [0, 0.1) is 11.8 Å². The second-order valence-corrected chi connectivity index (χ2v) is 10.1. The quantitative estimate of drug-likeness (QED) is 0.418. The molecule has 0 aromatic heterocycles.